The van der Waals surface area contributed by atoms with Gasteiger partial charge in [0.15, 0.2) is 10.5 Å². The Labute approximate surface area is 66.6 Å². The summed E-state index contributed by atoms with van der Waals surface area (Å²) in [5, 5.41) is 9.39. The summed E-state index contributed by atoms with van der Waals surface area (Å²) in [6.45, 7) is -0.0390. The van der Waals surface area contributed by atoms with Crippen LogP contribution in [0.2, 0.25) is 0 Å². The molecule has 0 saturated carbocycles. The minimum absolute atomic E-state index is 0.0390. The summed E-state index contributed by atoms with van der Waals surface area (Å²) in [4.78, 5) is 12.8. The fourth-order valence-corrected chi connectivity index (χ4v) is 1.51. The second-order valence-electron chi connectivity index (χ2n) is 1.95. The molecule has 1 N–H and O–H groups in total. The molecule has 56 valence electrons. The van der Waals surface area contributed by atoms with Crippen LogP contribution in [-0.2, 0) is 6.61 Å². The molecular weight excluding hydrogens is 162 g/mol. The summed E-state index contributed by atoms with van der Waals surface area (Å²) in [6.07, 6.45) is 3.20. The molecule has 2 aromatic rings. The van der Waals surface area contributed by atoms with Gasteiger partial charge >= 0.3 is 0 Å². The van der Waals surface area contributed by atoms with Gasteiger partial charge < -0.3 is 5.11 Å². The lowest BCUT2D eigenvalue weighted by molar-refractivity contribution is 0.281. The molecular formula is C6H5N3OS. The average Bonchev–Trinajstić information content (AvgIpc) is 2.46. The second kappa shape index (κ2) is 2.52. The first-order chi connectivity index (χ1) is 5.40. The molecule has 0 saturated heterocycles. The number of rotatable bonds is 1. The zero-order chi connectivity index (χ0) is 7.68. The Hall–Kier alpha value is -1.07. The Balaban J connectivity index is 2.69. The Kier molecular flexibility index (Phi) is 1.52. The molecule has 0 atom stereocenters. The Bertz CT molecular complexity index is 340. The number of nitrogens with zero attached hydrogens (tertiary/aromatic N) is 3. The molecule has 0 radical (unpaired) electrons. The predicted octanol–water partition coefficient (Wildman–Crippen LogP) is 0.579. The van der Waals surface area contributed by atoms with E-state index in [0.29, 0.717) is 10.7 Å². The van der Waals surface area contributed by atoms with Gasteiger partial charge in [-0.05, 0) is 0 Å². The molecule has 0 unspecified atom stereocenters. The van der Waals surface area contributed by atoms with Gasteiger partial charge in [-0.1, -0.05) is 11.3 Å². The van der Waals surface area contributed by atoms with E-state index in [-0.39, 0.29) is 6.61 Å². The third-order valence-corrected chi connectivity index (χ3v) is 2.16. The number of aromatic nitrogens is 3. The highest BCUT2D eigenvalue weighted by Crippen LogP contribution is 2.16. The fraction of sp³-hybridized carbons (Fsp3) is 0.167. The van der Waals surface area contributed by atoms with Crippen LogP contribution >= 0.6 is 11.3 Å². The number of aliphatic hydroxyl groups is 1. The smallest absolute Gasteiger partial charge is 0.189 e. The minimum atomic E-state index is -0.0390. The van der Waals surface area contributed by atoms with Gasteiger partial charge in [0.2, 0.25) is 0 Å². The van der Waals surface area contributed by atoms with Crippen LogP contribution in [0.5, 0.6) is 0 Å². The highest BCUT2D eigenvalue weighted by molar-refractivity contribution is 7.18. The zero-order valence-corrected chi connectivity index (χ0v) is 6.38. The molecule has 0 spiro atoms. The van der Waals surface area contributed by atoms with Crippen molar-refractivity contribution in [2.24, 2.45) is 0 Å². The number of hydrogen-bond acceptors (Lipinski definition) is 5. The Morgan fingerprint density at radius 1 is 1.36 bits per heavy atom. The fourth-order valence-electron chi connectivity index (χ4n) is 0.787. The van der Waals surface area contributed by atoms with Crippen molar-refractivity contribution in [3.63, 3.8) is 0 Å². The van der Waals surface area contributed by atoms with Crippen LogP contribution < -0.4 is 0 Å². The van der Waals surface area contributed by atoms with Crippen LogP contribution in [0.4, 0.5) is 0 Å². The van der Waals surface area contributed by atoms with Crippen molar-refractivity contribution in [2.45, 2.75) is 6.61 Å². The van der Waals surface area contributed by atoms with Gasteiger partial charge in [0.25, 0.3) is 0 Å². The molecule has 0 amide bonds. The monoisotopic (exact) mass is 167 g/mol. The van der Waals surface area contributed by atoms with Crippen molar-refractivity contribution < 1.29 is 5.11 Å². The van der Waals surface area contributed by atoms with Crippen molar-refractivity contribution in [3.05, 3.63) is 17.4 Å². The standard InChI is InChI=1S/C6H5N3OS/c10-3-4-9-5-6(11-4)8-2-1-7-5/h1-2,10H,3H2. The molecule has 0 bridgehead atoms. The van der Waals surface area contributed by atoms with Crippen LogP contribution in [0.15, 0.2) is 12.4 Å². The lowest BCUT2D eigenvalue weighted by Gasteiger charge is -1.79. The Morgan fingerprint density at radius 2 is 2.18 bits per heavy atom. The first-order valence-electron chi connectivity index (χ1n) is 3.07. The van der Waals surface area contributed by atoms with Gasteiger partial charge in [0.05, 0.1) is 6.61 Å². The van der Waals surface area contributed by atoms with E-state index in [1.165, 1.54) is 11.3 Å². The van der Waals surface area contributed by atoms with Gasteiger partial charge in [-0.15, -0.1) is 0 Å². The van der Waals surface area contributed by atoms with Crippen LogP contribution in [0, 0.1) is 0 Å². The normalized spacial score (nSPS) is 10.6. The zero-order valence-electron chi connectivity index (χ0n) is 5.56. The van der Waals surface area contributed by atoms with Crippen molar-refractivity contribution >= 4 is 21.8 Å². The molecule has 0 aliphatic carbocycles. The molecule has 5 heteroatoms. The number of thiazole rings is 1. The van der Waals surface area contributed by atoms with Gasteiger partial charge in [-0.2, -0.15) is 0 Å². The summed E-state index contributed by atoms with van der Waals surface area (Å²) in [7, 11) is 0. The quantitative estimate of drug-likeness (QED) is 0.674. The van der Waals surface area contributed by atoms with E-state index in [1.807, 2.05) is 0 Å². The van der Waals surface area contributed by atoms with Crippen LogP contribution in [0.1, 0.15) is 5.01 Å². The molecule has 0 aromatic carbocycles. The number of hydrogen-bond donors (Lipinski definition) is 1. The molecule has 2 heterocycles. The lowest BCUT2D eigenvalue weighted by atomic mass is 10.7. The van der Waals surface area contributed by atoms with Crippen LogP contribution in [0.3, 0.4) is 0 Å². The molecule has 2 rings (SSSR count). The number of aliphatic hydroxyl groups excluding tert-OH is 1. The second-order valence-corrected chi connectivity index (χ2v) is 3.01. The maximum atomic E-state index is 8.73. The molecule has 11 heavy (non-hydrogen) atoms. The van der Waals surface area contributed by atoms with Gasteiger partial charge in [-0.25, -0.2) is 15.0 Å². The van der Waals surface area contributed by atoms with E-state index >= 15 is 0 Å². The SMILES string of the molecule is OCc1nc2nccnc2s1. The Morgan fingerprint density at radius 3 is 2.91 bits per heavy atom. The number of fused-ring (bicyclic) bond motifs is 1. The topological polar surface area (TPSA) is 58.9 Å². The van der Waals surface area contributed by atoms with E-state index < -0.39 is 0 Å². The molecule has 0 fully saturated rings. The summed E-state index contributed by atoms with van der Waals surface area (Å²) in [5.41, 5.74) is 0.613. The van der Waals surface area contributed by atoms with Crippen molar-refractivity contribution in [1.82, 2.24) is 15.0 Å². The van der Waals surface area contributed by atoms with E-state index in [0.717, 1.165) is 4.83 Å². The first kappa shape index (κ1) is 6.63. The van der Waals surface area contributed by atoms with E-state index in [9.17, 15) is 0 Å². The molecule has 4 nitrogen and oxygen atoms in total. The highest BCUT2D eigenvalue weighted by atomic mass is 32.1. The summed E-state index contributed by atoms with van der Waals surface area (Å²) < 4.78 is 0. The molecule has 2 aromatic heterocycles. The largest absolute Gasteiger partial charge is 0.389 e. The van der Waals surface area contributed by atoms with E-state index in [2.05, 4.69) is 15.0 Å². The van der Waals surface area contributed by atoms with Gasteiger partial charge in [0, 0.05) is 12.4 Å². The summed E-state index contributed by atoms with van der Waals surface area (Å²) in [6, 6.07) is 0. The maximum absolute atomic E-state index is 8.73. The van der Waals surface area contributed by atoms with Crippen LogP contribution in [-0.4, -0.2) is 20.1 Å². The summed E-state index contributed by atoms with van der Waals surface area (Å²) in [5.74, 6) is 0. The average molecular weight is 167 g/mol. The van der Waals surface area contributed by atoms with Gasteiger partial charge in [-0.3, -0.25) is 0 Å². The van der Waals surface area contributed by atoms with E-state index in [4.69, 9.17) is 5.11 Å². The predicted molar refractivity (Wildman–Crippen MR) is 41.1 cm³/mol. The molecule has 0 aliphatic heterocycles. The van der Waals surface area contributed by atoms with Crippen molar-refractivity contribution in [2.75, 3.05) is 0 Å². The molecule has 0 aliphatic rings. The third-order valence-electron chi connectivity index (χ3n) is 1.23. The van der Waals surface area contributed by atoms with Gasteiger partial charge in [0.1, 0.15) is 5.01 Å². The maximum Gasteiger partial charge on any atom is 0.189 e. The van der Waals surface area contributed by atoms with Crippen molar-refractivity contribution in [1.29, 1.82) is 0 Å². The third kappa shape index (κ3) is 1.08. The summed E-state index contributed by atoms with van der Waals surface area (Å²) >= 11 is 1.36. The highest BCUT2D eigenvalue weighted by Gasteiger charge is 2.02. The van der Waals surface area contributed by atoms with Crippen molar-refractivity contribution in [3.8, 4) is 0 Å². The first-order valence-corrected chi connectivity index (χ1v) is 3.89. The minimum Gasteiger partial charge on any atom is -0.389 e. The van der Waals surface area contributed by atoms with E-state index in [1.54, 1.807) is 12.4 Å². The lowest BCUT2D eigenvalue weighted by Crippen LogP contribution is -1.79. The van der Waals surface area contributed by atoms with Crippen LogP contribution in [0.25, 0.3) is 10.5 Å².